The SMILES string of the molecule is CCCCCC#Cc1ccc(C#Cc2ccc(OCCCC)cc2)cc1. The second-order valence-electron chi connectivity index (χ2n) is 6.31. The molecule has 2 aromatic rings. The lowest BCUT2D eigenvalue weighted by atomic mass is 10.1. The van der Waals surface area contributed by atoms with Crippen molar-refractivity contribution >= 4 is 0 Å². The zero-order valence-corrected chi connectivity index (χ0v) is 16.0. The standard InChI is InChI=1S/C25H28O/c1-3-5-7-8-9-10-22-11-13-23(14-12-22)15-16-24-17-19-25(20-18-24)26-21-6-4-2/h11-14,17-20H,3-8,21H2,1-2H3. The summed E-state index contributed by atoms with van der Waals surface area (Å²) in [7, 11) is 0. The molecular formula is C25H28O. The Balaban J connectivity index is 1.89. The van der Waals surface area contributed by atoms with Crippen molar-refractivity contribution in [3.63, 3.8) is 0 Å². The van der Waals surface area contributed by atoms with Crippen LogP contribution in [0.25, 0.3) is 0 Å². The molecule has 0 saturated carbocycles. The lowest BCUT2D eigenvalue weighted by Gasteiger charge is -2.04. The molecule has 1 heteroatoms. The van der Waals surface area contributed by atoms with Crippen LogP contribution in [0, 0.1) is 23.7 Å². The number of ether oxygens (including phenoxy) is 1. The number of benzene rings is 2. The Morgan fingerprint density at radius 3 is 1.77 bits per heavy atom. The Bertz CT molecular complexity index is 761. The van der Waals surface area contributed by atoms with Gasteiger partial charge in [0, 0.05) is 23.1 Å². The molecule has 0 atom stereocenters. The van der Waals surface area contributed by atoms with Crippen molar-refractivity contribution in [2.45, 2.75) is 52.4 Å². The van der Waals surface area contributed by atoms with Gasteiger partial charge in [0.15, 0.2) is 0 Å². The van der Waals surface area contributed by atoms with E-state index in [0.717, 1.165) is 48.3 Å². The second-order valence-corrected chi connectivity index (χ2v) is 6.31. The van der Waals surface area contributed by atoms with Gasteiger partial charge in [-0.3, -0.25) is 0 Å². The molecule has 0 aliphatic rings. The maximum atomic E-state index is 5.67. The molecule has 0 bridgehead atoms. The van der Waals surface area contributed by atoms with Gasteiger partial charge in [-0.05, 0) is 61.4 Å². The fraction of sp³-hybridized carbons (Fsp3) is 0.360. The van der Waals surface area contributed by atoms with Crippen LogP contribution in [0.2, 0.25) is 0 Å². The average molecular weight is 344 g/mol. The molecule has 0 fully saturated rings. The van der Waals surface area contributed by atoms with Gasteiger partial charge >= 0.3 is 0 Å². The third-order valence-electron chi connectivity index (χ3n) is 4.00. The van der Waals surface area contributed by atoms with Crippen molar-refractivity contribution in [3.05, 3.63) is 65.2 Å². The number of hydrogen-bond acceptors (Lipinski definition) is 1. The molecule has 2 rings (SSSR count). The fourth-order valence-corrected chi connectivity index (χ4v) is 2.38. The van der Waals surface area contributed by atoms with Crippen molar-refractivity contribution in [1.29, 1.82) is 0 Å². The van der Waals surface area contributed by atoms with Gasteiger partial charge in [-0.15, -0.1) is 0 Å². The molecule has 0 N–H and O–H groups in total. The van der Waals surface area contributed by atoms with Crippen LogP contribution in [-0.4, -0.2) is 6.61 Å². The average Bonchev–Trinajstić information content (AvgIpc) is 2.68. The van der Waals surface area contributed by atoms with Crippen LogP contribution in [-0.2, 0) is 0 Å². The monoisotopic (exact) mass is 344 g/mol. The van der Waals surface area contributed by atoms with Crippen LogP contribution < -0.4 is 4.74 Å². The van der Waals surface area contributed by atoms with Crippen LogP contribution in [0.3, 0.4) is 0 Å². The van der Waals surface area contributed by atoms with Gasteiger partial charge in [0.05, 0.1) is 6.61 Å². The highest BCUT2D eigenvalue weighted by atomic mass is 16.5. The first kappa shape index (κ1) is 19.7. The van der Waals surface area contributed by atoms with E-state index >= 15 is 0 Å². The summed E-state index contributed by atoms with van der Waals surface area (Å²) in [5.74, 6) is 13.8. The molecule has 0 aliphatic heterocycles. The van der Waals surface area contributed by atoms with Crippen molar-refractivity contribution < 1.29 is 4.74 Å². The molecule has 0 aromatic heterocycles. The van der Waals surface area contributed by atoms with Gasteiger partial charge in [0.25, 0.3) is 0 Å². The quantitative estimate of drug-likeness (QED) is 0.429. The van der Waals surface area contributed by atoms with E-state index in [9.17, 15) is 0 Å². The van der Waals surface area contributed by atoms with E-state index in [1.807, 2.05) is 48.5 Å². The predicted octanol–water partition coefficient (Wildman–Crippen LogP) is 6.20. The first-order valence-corrected chi connectivity index (χ1v) is 9.65. The minimum absolute atomic E-state index is 0.773. The molecule has 0 spiro atoms. The molecule has 1 nitrogen and oxygen atoms in total. The van der Waals surface area contributed by atoms with Crippen LogP contribution in [0.1, 0.15) is 69.1 Å². The highest BCUT2D eigenvalue weighted by molar-refractivity contribution is 5.46. The van der Waals surface area contributed by atoms with Gasteiger partial charge in [-0.2, -0.15) is 0 Å². The summed E-state index contributed by atoms with van der Waals surface area (Å²) in [6.45, 7) is 5.15. The Labute approximate surface area is 158 Å². The predicted molar refractivity (Wildman–Crippen MR) is 110 cm³/mol. The van der Waals surface area contributed by atoms with Crippen molar-refractivity contribution in [3.8, 4) is 29.4 Å². The molecule has 134 valence electrons. The van der Waals surface area contributed by atoms with Crippen molar-refractivity contribution in [1.82, 2.24) is 0 Å². The molecule has 0 radical (unpaired) electrons. The van der Waals surface area contributed by atoms with E-state index in [0.29, 0.717) is 0 Å². The van der Waals surface area contributed by atoms with E-state index in [1.165, 1.54) is 19.3 Å². The largest absolute Gasteiger partial charge is 0.494 e. The van der Waals surface area contributed by atoms with Gasteiger partial charge in [0.1, 0.15) is 5.75 Å². The van der Waals surface area contributed by atoms with Crippen molar-refractivity contribution in [2.24, 2.45) is 0 Å². The number of unbranched alkanes of at least 4 members (excludes halogenated alkanes) is 4. The zero-order chi connectivity index (χ0) is 18.5. The van der Waals surface area contributed by atoms with Gasteiger partial charge in [-0.25, -0.2) is 0 Å². The summed E-state index contributed by atoms with van der Waals surface area (Å²) in [5, 5.41) is 0. The smallest absolute Gasteiger partial charge is 0.119 e. The molecule has 0 heterocycles. The lowest BCUT2D eigenvalue weighted by Crippen LogP contribution is -1.95. The Hall–Kier alpha value is -2.64. The van der Waals surface area contributed by atoms with Gasteiger partial charge in [0.2, 0.25) is 0 Å². The van der Waals surface area contributed by atoms with E-state index < -0.39 is 0 Å². The van der Waals surface area contributed by atoms with E-state index in [4.69, 9.17) is 4.74 Å². The molecule has 0 unspecified atom stereocenters. The highest BCUT2D eigenvalue weighted by Crippen LogP contribution is 2.12. The minimum atomic E-state index is 0.773. The molecule has 0 amide bonds. The lowest BCUT2D eigenvalue weighted by molar-refractivity contribution is 0.309. The topological polar surface area (TPSA) is 9.23 Å². The summed E-state index contributed by atoms with van der Waals surface area (Å²) < 4.78 is 5.67. The van der Waals surface area contributed by atoms with Gasteiger partial charge < -0.3 is 4.74 Å². The third-order valence-corrected chi connectivity index (χ3v) is 4.00. The van der Waals surface area contributed by atoms with Gasteiger partial charge in [-0.1, -0.05) is 56.8 Å². The summed E-state index contributed by atoms with van der Waals surface area (Å²) >= 11 is 0. The molecule has 0 aliphatic carbocycles. The Morgan fingerprint density at radius 1 is 0.654 bits per heavy atom. The summed E-state index contributed by atoms with van der Waals surface area (Å²) in [5.41, 5.74) is 3.05. The Morgan fingerprint density at radius 2 is 1.19 bits per heavy atom. The van der Waals surface area contributed by atoms with Crippen LogP contribution in [0.15, 0.2) is 48.5 Å². The maximum absolute atomic E-state index is 5.67. The first-order chi connectivity index (χ1) is 12.8. The van der Waals surface area contributed by atoms with Crippen LogP contribution in [0.4, 0.5) is 0 Å². The zero-order valence-electron chi connectivity index (χ0n) is 16.0. The summed E-state index contributed by atoms with van der Waals surface area (Å²) in [4.78, 5) is 0. The normalized spacial score (nSPS) is 9.62. The summed E-state index contributed by atoms with van der Waals surface area (Å²) in [6.07, 6.45) is 6.90. The molecular weight excluding hydrogens is 316 g/mol. The minimum Gasteiger partial charge on any atom is -0.494 e. The Kier molecular flexibility index (Phi) is 8.96. The van der Waals surface area contributed by atoms with Crippen LogP contribution >= 0.6 is 0 Å². The first-order valence-electron chi connectivity index (χ1n) is 9.65. The van der Waals surface area contributed by atoms with E-state index in [1.54, 1.807) is 0 Å². The molecule has 0 saturated heterocycles. The second kappa shape index (κ2) is 11.8. The highest BCUT2D eigenvalue weighted by Gasteiger charge is 1.94. The van der Waals surface area contributed by atoms with Crippen LogP contribution in [0.5, 0.6) is 5.75 Å². The molecule has 26 heavy (non-hydrogen) atoms. The van der Waals surface area contributed by atoms with Crippen molar-refractivity contribution in [2.75, 3.05) is 6.61 Å². The fourth-order valence-electron chi connectivity index (χ4n) is 2.38. The maximum Gasteiger partial charge on any atom is 0.119 e. The third kappa shape index (κ3) is 7.50. The van der Waals surface area contributed by atoms with E-state index in [-0.39, 0.29) is 0 Å². The molecule has 2 aromatic carbocycles. The number of hydrogen-bond donors (Lipinski definition) is 0. The number of rotatable bonds is 7. The van der Waals surface area contributed by atoms with E-state index in [2.05, 4.69) is 37.5 Å². The summed E-state index contributed by atoms with van der Waals surface area (Å²) in [6, 6.07) is 16.1.